The molecule has 0 atom stereocenters. The number of aromatic nitrogens is 1. The average Bonchev–Trinajstić information content (AvgIpc) is 3.18. The van der Waals surface area contributed by atoms with Crippen molar-refractivity contribution in [2.45, 2.75) is 6.54 Å². The summed E-state index contributed by atoms with van der Waals surface area (Å²) in [5.41, 5.74) is 1.29. The molecule has 126 valence electrons. The van der Waals surface area contributed by atoms with Gasteiger partial charge in [-0.05, 0) is 12.1 Å². The minimum atomic E-state index is -0.380. The second-order valence-electron chi connectivity index (χ2n) is 5.35. The summed E-state index contributed by atoms with van der Waals surface area (Å²) in [7, 11) is 0. The van der Waals surface area contributed by atoms with E-state index in [0.717, 1.165) is 10.2 Å². The Bertz CT molecular complexity index is 1070. The van der Waals surface area contributed by atoms with Gasteiger partial charge in [0.1, 0.15) is 0 Å². The standard InChI is InChI=1S/C18H13ClN2O3S/c1-2-7-21-13-8-14-15(24-10-23-14)9-16(13)25-18(21)20-17(22)11-5-3-4-6-12(11)19/h2-6,8-9H,1,7,10H2. The van der Waals surface area contributed by atoms with Crippen LogP contribution in [0.15, 0.2) is 54.0 Å². The Morgan fingerprint density at radius 2 is 2.08 bits per heavy atom. The largest absolute Gasteiger partial charge is 0.454 e. The van der Waals surface area contributed by atoms with Gasteiger partial charge >= 0.3 is 0 Å². The maximum absolute atomic E-state index is 12.5. The maximum Gasteiger partial charge on any atom is 0.281 e. The summed E-state index contributed by atoms with van der Waals surface area (Å²) in [4.78, 5) is 17.4. The van der Waals surface area contributed by atoms with Crippen molar-refractivity contribution >= 4 is 39.1 Å². The second-order valence-corrected chi connectivity index (χ2v) is 6.77. The van der Waals surface area contributed by atoms with Crippen LogP contribution in [0, 0.1) is 0 Å². The van der Waals surface area contributed by atoms with Crippen LogP contribution in [-0.2, 0) is 6.54 Å². The number of rotatable bonds is 3. The number of carbonyl (C=O) groups is 1. The molecular formula is C18H13ClN2O3S. The van der Waals surface area contributed by atoms with Crippen molar-refractivity contribution in [1.29, 1.82) is 0 Å². The number of amides is 1. The predicted molar refractivity (Wildman–Crippen MR) is 97.5 cm³/mol. The highest BCUT2D eigenvalue weighted by atomic mass is 35.5. The van der Waals surface area contributed by atoms with E-state index in [0.29, 0.717) is 33.4 Å². The lowest BCUT2D eigenvalue weighted by Crippen LogP contribution is -2.16. The van der Waals surface area contributed by atoms with Gasteiger partial charge in [0.05, 0.1) is 20.8 Å². The number of hydrogen-bond acceptors (Lipinski definition) is 4. The van der Waals surface area contributed by atoms with E-state index < -0.39 is 0 Å². The van der Waals surface area contributed by atoms with E-state index >= 15 is 0 Å². The van der Waals surface area contributed by atoms with Gasteiger partial charge in [0.2, 0.25) is 6.79 Å². The molecule has 1 aliphatic heterocycles. The number of nitrogens with zero attached hydrogens (tertiary/aromatic N) is 2. The Morgan fingerprint density at radius 1 is 1.32 bits per heavy atom. The van der Waals surface area contributed by atoms with Crippen LogP contribution in [0.1, 0.15) is 10.4 Å². The molecule has 0 spiro atoms. The van der Waals surface area contributed by atoms with Crippen molar-refractivity contribution in [3.63, 3.8) is 0 Å². The highest BCUT2D eigenvalue weighted by Gasteiger charge is 2.18. The summed E-state index contributed by atoms with van der Waals surface area (Å²) < 4.78 is 13.7. The number of benzene rings is 2. The number of allylic oxidation sites excluding steroid dienone is 1. The van der Waals surface area contributed by atoms with Crippen LogP contribution in [0.3, 0.4) is 0 Å². The average molecular weight is 373 g/mol. The predicted octanol–water partition coefficient (Wildman–Crippen LogP) is 4.01. The monoisotopic (exact) mass is 372 g/mol. The Morgan fingerprint density at radius 3 is 2.84 bits per heavy atom. The van der Waals surface area contributed by atoms with Gasteiger partial charge in [-0.25, -0.2) is 0 Å². The molecule has 7 heteroatoms. The molecule has 2 heterocycles. The van der Waals surface area contributed by atoms with Crippen LogP contribution < -0.4 is 14.3 Å². The quantitative estimate of drug-likeness (QED) is 0.653. The van der Waals surface area contributed by atoms with Gasteiger partial charge in [0.15, 0.2) is 16.3 Å². The molecule has 25 heavy (non-hydrogen) atoms. The lowest BCUT2D eigenvalue weighted by Gasteiger charge is -2.02. The van der Waals surface area contributed by atoms with E-state index in [9.17, 15) is 4.79 Å². The molecule has 3 aromatic rings. The first-order valence-corrected chi connectivity index (χ1v) is 8.74. The third kappa shape index (κ3) is 2.83. The first-order chi connectivity index (χ1) is 12.2. The fourth-order valence-corrected chi connectivity index (χ4v) is 3.90. The molecule has 0 fully saturated rings. The summed E-state index contributed by atoms with van der Waals surface area (Å²) in [6.45, 7) is 4.53. The van der Waals surface area contributed by atoms with E-state index in [1.165, 1.54) is 11.3 Å². The van der Waals surface area contributed by atoms with Crippen LogP contribution in [0.4, 0.5) is 0 Å². The zero-order valence-electron chi connectivity index (χ0n) is 13.1. The number of fused-ring (bicyclic) bond motifs is 2. The molecule has 0 unspecified atom stereocenters. The first kappa shape index (κ1) is 15.9. The molecule has 5 nitrogen and oxygen atoms in total. The highest BCUT2D eigenvalue weighted by molar-refractivity contribution is 7.16. The van der Waals surface area contributed by atoms with E-state index in [4.69, 9.17) is 21.1 Å². The van der Waals surface area contributed by atoms with Crippen molar-refractivity contribution in [3.8, 4) is 11.5 Å². The van der Waals surface area contributed by atoms with Crippen molar-refractivity contribution in [2.75, 3.05) is 6.79 Å². The molecule has 0 saturated carbocycles. The smallest absolute Gasteiger partial charge is 0.281 e. The minimum absolute atomic E-state index is 0.219. The lowest BCUT2D eigenvalue weighted by molar-refractivity contribution is 0.0998. The van der Waals surface area contributed by atoms with Gasteiger partial charge in [0, 0.05) is 18.7 Å². The van der Waals surface area contributed by atoms with Crippen LogP contribution in [-0.4, -0.2) is 17.3 Å². The first-order valence-electron chi connectivity index (χ1n) is 7.55. The molecule has 1 aliphatic rings. The number of thiazole rings is 1. The molecular weight excluding hydrogens is 360 g/mol. The fraction of sp³-hybridized carbons (Fsp3) is 0.111. The molecule has 0 N–H and O–H groups in total. The molecule has 4 rings (SSSR count). The van der Waals surface area contributed by atoms with E-state index in [2.05, 4.69) is 11.6 Å². The van der Waals surface area contributed by atoms with Gasteiger partial charge in [-0.2, -0.15) is 4.99 Å². The van der Waals surface area contributed by atoms with Crippen molar-refractivity contribution in [3.05, 3.63) is 64.4 Å². The van der Waals surface area contributed by atoms with E-state index in [1.807, 2.05) is 16.7 Å². The van der Waals surface area contributed by atoms with Crippen LogP contribution in [0.2, 0.25) is 5.02 Å². The number of hydrogen-bond donors (Lipinski definition) is 0. The third-order valence-electron chi connectivity index (χ3n) is 3.79. The lowest BCUT2D eigenvalue weighted by atomic mass is 10.2. The topological polar surface area (TPSA) is 52.8 Å². The van der Waals surface area contributed by atoms with Gasteiger partial charge < -0.3 is 14.0 Å². The number of carbonyl (C=O) groups excluding carboxylic acids is 1. The van der Waals surface area contributed by atoms with E-state index in [1.54, 1.807) is 30.3 Å². The van der Waals surface area contributed by atoms with E-state index in [-0.39, 0.29) is 12.7 Å². The van der Waals surface area contributed by atoms with Crippen molar-refractivity contribution in [2.24, 2.45) is 4.99 Å². The van der Waals surface area contributed by atoms with Crippen LogP contribution in [0.5, 0.6) is 11.5 Å². The van der Waals surface area contributed by atoms with Crippen molar-refractivity contribution in [1.82, 2.24) is 4.57 Å². The van der Waals surface area contributed by atoms with Crippen molar-refractivity contribution < 1.29 is 14.3 Å². The molecule has 1 amide bonds. The third-order valence-corrected chi connectivity index (χ3v) is 5.16. The fourth-order valence-electron chi connectivity index (χ4n) is 2.63. The Hall–Kier alpha value is -2.57. The number of ether oxygens (including phenoxy) is 2. The van der Waals surface area contributed by atoms with Crippen LogP contribution in [0.25, 0.3) is 10.2 Å². The maximum atomic E-state index is 12.5. The van der Waals surface area contributed by atoms with Gasteiger partial charge in [0.25, 0.3) is 5.91 Å². The number of halogens is 1. The highest BCUT2D eigenvalue weighted by Crippen LogP contribution is 2.37. The van der Waals surface area contributed by atoms with Gasteiger partial charge in [-0.3, -0.25) is 4.79 Å². The zero-order valence-corrected chi connectivity index (χ0v) is 14.6. The summed E-state index contributed by atoms with van der Waals surface area (Å²) in [5.74, 6) is 1.01. The summed E-state index contributed by atoms with van der Waals surface area (Å²) in [5, 5.41) is 0.383. The molecule has 2 aromatic carbocycles. The normalized spacial score (nSPS) is 13.4. The molecule has 0 bridgehead atoms. The van der Waals surface area contributed by atoms with Crippen LogP contribution >= 0.6 is 22.9 Å². The molecule has 1 aromatic heterocycles. The molecule has 0 aliphatic carbocycles. The Labute approximate surface area is 152 Å². The molecule has 0 saturated heterocycles. The Kier molecular flexibility index (Phi) is 4.07. The summed E-state index contributed by atoms with van der Waals surface area (Å²) >= 11 is 7.51. The summed E-state index contributed by atoms with van der Waals surface area (Å²) in [6.07, 6.45) is 1.76. The zero-order chi connectivity index (χ0) is 17.4. The Balaban J connectivity index is 1.89. The van der Waals surface area contributed by atoms with Gasteiger partial charge in [-0.1, -0.05) is 41.1 Å². The summed E-state index contributed by atoms with van der Waals surface area (Å²) in [6, 6.07) is 10.7. The SMILES string of the molecule is C=CCn1c(=NC(=O)c2ccccc2Cl)sc2cc3c(cc21)OCO3. The minimum Gasteiger partial charge on any atom is -0.454 e. The second kappa shape index (κ2) is 6.38. The molecule has 0 radical (unpaired) electrons. The van der Waals surface area contributed by atoms with Gasteiger partial charge in [-0.15, -0.1) is 6.58 Å².